The van der Waals surface area contributed by atoms with Crippen LogP contribution in [-0.2, 0) is 7.05 Å². The predicted octanol–water partition coefficient (Wildman–Crippen LogP) is 3.69. The lowest BCUT2D eigenvalue weighted by atomic mass is 9.90. The molecule has 4 aromatic heterocycles. The number of nitrogens with one attached hydrogen (secondary N) is 2. The molecule has 1 aliphatic carbocycles. The van der Waals surface area contributed by atoms with E-state index in [0.717, 1.165) is 36.0 Å². The molecule has 11 heteroatoms. The Morgan fingerprint density at radius 1 is 1.17 bits per heavy atom. The van der Waals surface area contributed by atoms with E-state index in [9.17, 15) is 4.79 Å². The van der Waals surface area contributed by atoms with Gasteiger partial charge < -0.3 is 10.6 Å². The molecule has 0 radical (unpaired) electrons. The molecule has 4 aromatic rings. The van der Waals surface area contributed by atoms with Crippen molar-refractivity contribution in [3.8, 4) is 11.3 Å². The molecule has 2 aliphatic rings. The molecular formula is C24H28N10O. The van der Waals surface area contributed by atoms with Crippen LogP contribution in [0.15, 0.2) is 36.7 Å². The van der Waals surface area contributed by atoms with Crippen molar-refractivity contribution >= 4 is 29.3 Å². The zero-order valence-electron chi connectivity index (χ0n) is 20.0. The van der Waals surface area contributed by atoms with Crippen LogP contribution >= 0.6 is 0 Å². The summed E-state index contributed by atoms with van der Waals surface area (Å²) < 4.78 is 3.71. The third-order valence-corrected chi connectivity index (χ3v) is 7.06. The highest BCUT2D eigenvalue weighted by atomic mass is 16.2. The number of anilines is 3. The molecule has 2 N–H and O–H groups in total. The third-order valence-electron chi connectivity index (χ3n) is 7.06. The van der Waals surface area contributed by atoms with Crippen LogP contribution < -0.4 is 15.5 Å². The minimum absolute atomic E-state index is 0.144. The van der Waals surface area contributed by atoms with Crippen molar-refractivity contribution in [1.82, 2.24) is 39.7 Å². The van der Waals surface area contributed by atoms with Crippen LogP contribution in [0, 0.1) is 11.8 Å². The van der Waals surface area contributed by atoms with Crippen LogP contribution in [0.1, 0.15) is 44.5 Å². The average Bonchev–Trinajstić information content (AvgIpc) is 3.48. The number of aryl methyl sites for hydroxylation is 1. The van der Waals surface area contributed by atoms with E-state index < -0.39 is 0 Å². The molecule has 5 heterocycles. The fraction of sp³-hybridized carbons (Fsp3) is 0.417. The number of rotatable bonds is 7. The van der Waals surface area contributed by atoms with Crippen LogP contribution in [0.3, 0.4) is 0 Å². The van der Waals surface area contributed by atoms with Gasteiger partial charge in [0.1, 0.15) is 11.6 Å². The van der Waals surface area contributed by atoms with Gasteiger partial charge in [-0.2, -0.15) is 5.10 Å². The van der Waals surface area contributed by atoms with Gasteiger partial charge in [-0.15, -0.1) is 10.2 Å². The molecule has 0 aromatic carbocycles. The van der Waals surface area contributed by atoms with E-state index in [4.69, 9.17) is 0 Å². The fourth-order valence-electron chi connectivity index (χ4n) is 4.86. The topological polar surface area (TPSA) is 118 Å². The van der Waals surface area contributed by atoms with Crippen molar-refractivity contribution in [3.05, 3.63) is 42.5 Å². The van der Waals surface area contributed by atoms with Gasteiger partial charge in [0, 0.05) is 31.9 Å². The number of hydrogen-bond donors (Lipinski definition) is 2. The maximum absolute atomic E-state index is 13.2. The number of hydrogen-bond acceptors (Lipinski definition) is 7. The van der Waals surface area contributed by atoms with Crippen molar-refractivity contribution in [3.63, 3.8) is 0 Å². The number of amides is 2. The van der Waals surface area contributed by atoms with Gasteiger partial charge in [0.25, 0.3) is 0 Å². The smallest absolute Gasteiger partial charge is 0.323 e. The Morgan fingerprint density at radius 3 is 2.77 bits per heavy atom. The maximum atomic E-state index is 13.2. The van der Waals surface area contributed by atoms with Crippen molar-refractivity contribution in [2.24, 2.45) is 18.9 Å². The Bertz CT molecular complexity index is 1400. The van der Waals surface area contributed by atoms with Crippen molar-refractivity contribution < 1.29 is 4.79 Å². The zero-order valence-corrected chi connectivity index (χ0v) is 20.0. The molecule has 180 valence electrons. The first-order valence-corrected chi connectivity index (χ1v) is 12.0. The minimum Gasteiger partial charge on any atom is -0.327 e. The quantitative estimate of drug-likeness (QED) is 0.421. The Hall–Kier alpha value is -4.02. The van der Waals surface area contributed by atoms with Gasteiger partial charge in [-0.3, -0.25) is 14.0 Å². The highest BCUT2D eigenvalue weighted by Crippen LogP contribution is 2.41. The summed E-state index contributed by atoms with van der Waals surface area (Å²) >= 11 is 0. The van der Waals surface area contributed by atoms with E-state index in [-0.39, 0.29) is 12.1 Å². The monoisotopic (exact) mass is 472 g/mol. The predicted molar refractivity (Wildman–Crippen MR) is 131 cm³/mol. The Balaban J connectivity index is 1.41. The summed E-state index contributed by atoms with van der Waals surface area (Å²) in [6.07, 6.45) is 8.04. The molecule has 1 unspecified atom stereocenters. The van der Waals surface area contributed by atoms with Crippen LogP contribution in [0.25, 0.3) is 16.9 Å². The van der Waals surface area contributed by atoms with E-state index in [1.807, 2.05) is 35.7 Å². The summed E-state index contributed by atoms with van der Waals surface area (Å²) in [6, 6.07) is 7.29. The molecule has 1 saturated carbocycles. The summed E-state index contributed by atoms with van der Waals surface area (Å²) in [5.41, 5.74) is 2.22. The Kier molecular flexibility index (Phi) is 5.12. The van der Waals surface area contributed by atoms with Crippen LogP contribution in [-0.4, -0.2) is 47.4 Å². The van der Waals surface area contributed by atoms with E-state index in [1.165, 1.54) is 12.8 Å². The maximum Gasteiger partial charge on any atom is 0.323 e. The summed E-state index contributed by atoms with van der Waals surface area (Å²) in [5, 5.41) is 19.6. The van der Waals surface area contributed by atoms with Gasteiger partial charge >= 0.3 is 6.03 Å². The van der Waals surface area contributed by atoms with Gasteiger partial charge in [0.05, 0.1) is 17.9 Å². The summed E-state index contributed by atoms with van der Waals surface area (Å²) in [5.74, 6) is 3.81. The number of pyridine rings is 1. The Labute approximate surface area is 202 Å². The molecule has 0 bridgehead atoms. The first kappa shape index (κ1) is 21.5. The second-order valence-corrected chi connectivity index (χ2v) is 9.42. The highest BCUT2D eigenvalue weighted by Gasteiger charge is 2.36. The lowest BCUT2D eigenvalue weighted by molar-refractivity contribution is 0.234. The lowest BCUT2D eigenvalue weighted by Gasteiger charge is -2.25. The Morgan fingerprint density at radius 2 is 2.03 bits per heavy atom. The zero-order chi connectivity index (χ0) is 24.1. The highest BCUT2D eigenvalue weighted by molar-refractivity contribution is 5.93. The van der Waals surface area contributed by atoms with Gasteiger partial charge in [-0.1, -0.05) is 26.2 Å². The molecule has 2 atom stereocenters. The van der Waals surface area contributed by atoms with Gasteiger partial charge in [-0.25, -0.2) is 14.8 Å². The molecule has 0 spiro atoms. The van der Waals surface area contributed by atoms with Crippen molar-refractivity contribution in [1.29, 1.82) is 0 Å². The SMILES string of the molecule is CC[C@@H](CC1CC1)C1NC(=O)N(C)c2cc(-c3ccnc(Nc4ccnn4C)n3)cc3nnc1n23. The number of aromatic nitrogens is 7. The fourth-order valence-corrected chi connectivity index (χ4v) is 4.86. The first-order chi connectivity index (χ1) is 17.0. The minimum atomic E-state index is -0.175. The molecule has 35 heavy (non-hydrogen) atoms. The number of carbonyl (C=O) groups excluding carboxylic acids is 1. The largest absolute Gasteiger partial charge is 0.327 e. The van der Waals surface area contributed by atoms with E-state index in [1.54, 1.807) is 29.0 Å². The summed E-state index contributed by atoms with van der Waals surface area (Å²) in [4.78, 5) is 23.8. The molecule has 6 rings (SSSR count). The molecular weight excluding hydrogens is 444 g/mol. The standard InChI is InChI=1S/C24H28N10O/c1-4-15(11-14-5-6-14)21-22-31-30-19-12-16(13-20(34(19)22)32(2)24(35)29-21)17-7-9-25-23(27-17)28-18-8-10-26-33(18)3/h7-10,12-15,21H,4-6,11H2,1-3H3,(H,29,35)(H,25,27,28)/t15-,21?/m0/s1. The van der Waals surface area contributed by atoms with Crippen LogP contribution in [0.2, 0.25) is 0 Å². The number of carbonyl (C=O) groups is 1. The molecule has 1 aliphatic heterocycles. The van der Waals surface area contributed by atoms with Crippen LogP contribution in [0.5, 0.6) is 0 Å². The number of urea groups is 1. The lowest BCUT2D eigenvalue weighted by Crippen LogP contribution is -2.40. The van der Waals surface area contributed by atoms with E-state index in [2.05, 4.69) is 42.8 Å². The molecule has 11 nitrogen and oxygen atoms in total. The summed E-state index contributed by atoms with van der Waals surface area (Å²) in [7, 11) is 3.62. The molecule has 0 saturated heterocycles. The number of nitrogens with zero attached hydrogens (tertiary/aromatic N) is 8. The second-order valence-electron chi connectivity index (χ2n) is 9.42. The average molecular weight is 473 g/mol. The van der Waals surface area contributed by atoms with Gasteiger partial charge in [-0.05, 0) is 36.5 Å². The molecule has 1 fully saturated rings. The van der Waals surface area contributed by atoms with E-state index >= 15 is 0 Å². The van der Waals surface area contributed by atoms with Gasteiger partial charge in [0.15, 0.2) is 11.5 Å². The third kappa shape index (κ3) is 3.86. The van der Waals surface area contributed by atoms with Crippen LogP contribution in [0.4, 0.5) is 22.4 Å². The van der Waals surface area contributed by atoms with Crippen molar-refractivity contribution in [2.45, 2.75) is 38.6 Å². The molecule has 2 amide bonds. The normalized spacial score (nSPS) is 18.4. The summed E-state index contributed by atoms with van der Waals surface area (Å²) in [6.45, 7) is 2.18. The van der Waals surface area contributed by atoms with Gasteiger partial charge in [0.2, 0.25) is 5.95 Å². The van der Waals surface area contributed by atoms with E-state index in [0.29, 0.717) is 29.0 Å². The van der Waals surface area contributed by atoms with Crippen molar-refractivity contribution in [2.75, 3.05) is 17.3 Å². The first-order valence-electron chi connectivity index (χ1n) is 12.0. The second kappa shape index (κ2) is 8.33.